The molecule has 0 bridgehead atoms. The number of nitriles is 1. The Morgan fingerprint density at radius 1 is 1.18 bits per heavy atom. The molecule has 1 aliphatic carbocycles. The zero-order chi connectivity index (χ0) is 23.5. The predicted molar refractivity (Wildman–Crippen MR) is 126 cm³/mol. The molecule has 2 aliphatic rings. The van der Waals surface area contributed by atoms with Crippen molar-refractivity contribution in [3.8, 4) is 17.6 Å². The number of hydrogen-bond acceptors (Lipinski definition) is 6. The monoisotopic (exact) mass is 476 g/mol. The van der Waals surface area contributed by atoms with Gasteiger partial charge in [0.2, 0.25) is 11.8 Å². The second-order valence-electron chi connectivity index (χ2n) is 8.85. The Bertz CT molecular complexity index is 1210. The van der Waals surface area contributed by atoms with E-state index in [2.05, 4.69) is 25.1 Å². The van der Waals surface area contributed by atoms with Crippen molar-refractivity contribution in [2.75, 3.05) is 0 Å². The van der Waals surface area contributed by atoms with Gasteiger partial charge in [-0.3, -0.25) is 9.36 Å². The van der Waals surface area contributed by atoms with Gasteiger partial charge >= 0.3 is 0 Å². The van der Waals surface area contributed by atoms with Crippen molar-refractivity contribution in [3.63, 3.8) is 0 Å². The van der Waals surface area contributed by atoms with Crippen molar-refractivity contribution in [2.24, 2.45) is 0 Å². The third-order valence-corrected chi connectivity index (χ3v) is 6.74. The summed E-state index contributed by atoms with van der Waals surface area (Å²) < 4.78 is 8.21. The zero-order valence-corrected chi connectivity index (χ0v) is 19.4. The smallest absolute Gasteiger partial charge is 0.234 e. The van der Waals surface area contributed by atoms with E-state index in [1.165, 1.54) is 0 Å². The van der Waals surface area contributed by atoms with Gasteiger partial charge in [-0.2, -0.15) is 5.26 Å². The lowest BCUT2D eigenvalue weighted by atomic mass is 9.86. The molecule has 1 aromatic carbocycles. The number of nitrogens with one attached hydrogen (secondary N) is 1. The number of pyridine rings is 1. The first-order valence-electron chi connectivity index (χ1n) is 11.6. The van der Waals surface area contributed by atoms with E-state index in [0.717, 1.165) is 48.6 Å². The van der Waals surface area contributed by atoms with Crippen LogP contribution in [0.1, 0.15) is 55.2 Å². The molecule has 0 radical (unpaired) electrons. The van der Waals surface area contributed by atoms with Crippen molar-refractivity contribution < 1.29 is 9.53 Å². The van der Waals surface area contributed by atoms with Crippen LogP contribution in [0.2, 0.25) is 5.02 Å². The van der Waals surface area contributed by atoms with Gasteiger partial charge in [0.05, 0.1) is 11.8 Å². The Kier molecular flexibility index (Phi) is 6.45. The number of rotatable bonds is 5. The molecule has 1 amide bonds. The quantitative estimate of drug-likeness (QED) is 0.598. The maximum Gasteiger partial charge on any atom is 0.234 e. The van der Waals surface area contributed by atoms with Crippen LogP contribution in [0.4, 0.5) is 0 Å². The first-order valence-corrected chi connectivity index (χ1v) is 12.0. The lowest BCUT2D eigenvalue weighted by Gasteiger charge is -2.28. The molecule has 0 saturated heterocycles. The molecule has 0 unspecified atom stereocenters. The van der Waals surface area contributed by atoms with E-state index in [0.29, 0.717) is 23.7 Å². The third kappa shape index (κ3) is 4.75. The van der Waals surface area contributed by atoms with Crippen molar-refractivity contribution in [2.45, 2.75) is 63.0 Å². The Morgan fingerprint density at radius 3 is 2.79 bits per heavy atom. The highest BCUT2D eigenvalue weighted by atomic mass is 35.5. The van der Waals surface area contributed by atoms with E-state index < -0.39 is 0 Å². The summed E-state index contributed by atoms with van der Waals surface area (Å²) in [4.78, 5) is 16.4. The summed E-state index contributed by atoms with van der Waals surface area (Å²) in [7, 11) is 0. The normalized spacial score (nSPS) is 21.5. The molecule has 174 valence electrons. The van der Waals surface area contributed by atoms with E-state index in [9.17, 15) is 4.79 Å². The van der Waals surface area contributed by atoms with Gasteiger partial charge in [0.1, 0.15) is 24.2 Å². The number of amides is 1. The van der Waals surface area contributed by atoms with Crippen LogP contribution in [-0.4, -0.2) is 37.8 Å². The maximum atomic E-state index is 12.1. The number of nitrogens with zero attached hydrogens (tertiary/aromatic N) is 5. The van der Waals surface area contributed by atoms with Crippen LogP contribution in [0.25, 0.3) is 5.69 Å². The highest BCUT2D eigenvalue weighted by Gasteiger charge is 2.32. The van der Waals surface area contributed by atoms with Crippen LogP contribution < -0.4 is 10.1 Å². The van der Waals surface area contributed by atoms with Gasteiger partial charge in [0, 0.05) is 35.7 Å². The van der Waals surface area contributed by atoms with E-state index in [1.807, 2.05) is 42.5 Å². The number of carbonyl (C=O) groups excluding carboxylic acids is 1. The molecule has 1 fully saturated rings. The van der Waals surface area contributed by atoms with Crippen LogP contribution in [-0.2, 0) is 17.6 Å². The molecular weight excluding hydrogens is 452 g/mol. The lowest BCUT2D eigenvalue weighted by Crippen LogP contribution is -2.37. The summed E-state index contributed by atoms with van der Waals surface area (Å²) >= 11 is 6.32. The fourth-order valence-corrected chi connectivity index (χ4v) is 5.16. The van der Waals surface area contributed by atoms with Gasteiger partial charge in [-0.1, -0.05) is 17.7 Å². The van der Waals surface area contributed by atoms with Crippen molar-refractivity contribution in [1.29, 1.82) is 5.26 Å². The molecule has 34 heavy (non-hydrogen) atoms. The van der Waals surface area contributed by atoms with Gasteiger partial charge in [0.15, 0.2) is 0 Å². The number of fused-ring (bicyclic) bond motifs is 3. The summed E-state index contributed by atoms with van der Waals surface area (Å²) in [5.41, 5.74) is 2.03. The minimum Gasteiger partial charge on any atom is -0.474 e. The fourth-order valence-electron chi connectivity index (χ4n) is 4.96. The minimum absolute atomic E-state index is 0.142. The first-order chi connectivity index (χ1) is 16.6. The average molecular weight is 477 g/mol. The number of carbonyl (C=O) groups is 1. The first kappa shape index (κ1) is 22.4. The second-order valence-corrected chi connectivity index (χ2v) is 9.29. The van der Waals surface area contributed by atoms with Crippen molar-refractivity contribution in [1.82, 2.24) is 25.1 Å². The molecule has 5 rings (SSSR count). The van der Waals surface area contributed by atoms with Gasteiger partial charge in [-0.05, 0) is 61.9 Å². The average Bonchev–Trinajstić information content (AvgIpc) is 3.17. The number of aromatic nitrogens is 4. The van der Waals surface area contributed by atoms with Crippen LogP contribution in [0.3, 0.4) is 0 Å². The van der Waals surface area contributed by atoms with Gasteiger partial charge in [0.25, 0.3) is 0 Å². The molecule has 2 aromatic heterocycles. The van der Waals surface area contributed by atoms with Gasteiger partial charge < -0.3 is 10.1 Å². The predicted octanol–water partition coefficient (Wildman–Crippen LogP) is 3.92. The lowest BCUT2D eigenvalue weighted by molar-refractivity contribution is -0.120. The largest absolute Gasteiger partial charge is 0.474 e. The molecule has 1 saturated carbocycles. The fraction of sp³-hybridized carbons (Fsp3) is 0.400. The molecule has 3 heterocycles. The molecule has 3 aromatic rings. The SMILES string of the molecule is N#CCC(=O)N[C@@H]1Cc2cc(Cl)ccc2-n2c(nnc2C2CCC(Oc3ccccn3)CC2)C1. The summed E-state index contributed by atoms with van der Waals surface area (Å²) in [6.45, 7) is 0. The highest BCUT2D eigenvalue weighted by molar-refractivity contribution is 6.30. The summed E-state index contributed by atoms with van der Waals surface area (Å²) in [6.07, 6.45) is 6.60. The highest BCUT2D eigenvalue weighted by Crippen LogP contribution is 2.37. The topological polar surface area (TPSA) is 106 Å². The Labute approximate surface area is 202 Å². The Morgan fingerprint density at radius 2 is 2.03 bits per heavy atom. The van der Waals surface area contributed by atoms with Crippen LogP contribution in [0.5, 0.6) is 5.88 Å². The van der Waals surface area contributed by atoms with E-state index >= 15 is 0 Å². The van der Waals surface area contributed by atoms with E-state index in [-0.39, 0.29) is 30.4 Å². The molecule has 9 heteroatoms. The molecule has 0 spiro atoms. The van der Waals surface area contributed by atoms with E-state index in [4.69, 9.17) is 21.6 Å². The number of ether oxygens (including phenoxy) is 1. The van der Waals surface area contributed by atoms with Crippen molar-refractivity contribution >= 4 is 17.5 Å². The molecule has 1 atom stereocenters. The Hall–Kier alpha value is -3.44. The minimum atomic E-state index is -0.282. The van der Waals surface area contributed by atoms with Crippen LogP contribution in [0.15, 0.2) is 42.6 Å². The molecular formula is C25H25ClN6O2. The standard InChI is InChI=1S/C25H25ClN6O2/c26-18-6-9-21-17(13-18)14-19(29-23(33)10-11-27)15-22-30-31-25(32(21)22)16-4-7-20(8-5-16)34-24-3-1-2-12-28-24/h1-3,6,9,12-13,16,19-20H,4-5,7-8,10,14-15H2,(H,29,33)/t16?,19-,20?/m1/s1. The van der Waals surface area contributed by atoms with Crippen LogP contribution >= 0.6 is 11.6 Å². The molecule has 1 aliphatic heterocycles. The summed E-state index contributed by atoms with van der Waals surface area (Å²) in [5.74, 6) is 2.40. The van der Waals surface area contributed by atoms with E-state index in [1.54, 1.807) is 6.20 Å². The van der Waals surface area contributed by atoms with Gasteiger partial charge in [-0.25, -0.2) is 4.98 Å². The maximum absolute atomic E-state index is 12.1. The number of benzene rings is 1. The zero-order valence-electron chi connectivity index (χ0n) is 18.7. The molecule has 1 N–H and O–H groups in total. The van der Waals surface area contributed by atoms with Gasteiger partial charge in [-0.15, -0.1) is 10.2 Å². The number of halogens is 1. The molecule has 8 nitrogen and oxygen atoms in total. The second kappa shape index (κ2) is 9.82. The van der Waals surface area contributed by atoms with Crippen LogP contribution in [0, 0.1) is 11.3 Å². The Balaban J connectivity index is 1.38. The number of hydrogen-bond donors (Lipinski definition) is 1. The van der Waals surface area contributed by atoms with Crippen molar-refractivity contribution in [3.05, 3.63) is 64.8 Å². The summed E-state index contributed by atoms with van der Waals surface area (Å²) in [6, 6.07) is 13.2. The third-order valence-electron chi connectivity index (χ3n) is 6.50. The summed E-state index contributed by atoms with van der Waals surface area (Å²) in [5, 5.41) is 21.6.